The molecule has 1 aromatic carbocycles. The van der Waals surface area contributed by atoms with Crippen LogP contribution in [0, 0.1) is 5.92 Å². The molecule has 0 spiro atoms. The van der Waals surface area contributed by atoms with Crippen LogP contribution in [0.2, 0.25) is 0 Å². The fourth-order valence-corrected chi connectivity index (χ4v) is 3.95. The maximum atomic E-state index is 12.6. The number of carboxylic acids is 1. The Bertz CT molecular complexity index is 860. The molecule has 3 atom stereocenters. The standard InChI is InChI=1S/C23H34N4O3/c1-7-21(28)23(6,25-15(2)3)13-18-8-10-19(11-9-18)27-20(14-24-26-27)16(4)12-17(5)22(29)30/h8-11,14-17,25H,7,12-13H2,1-6H3,(H,29,30)/t16?,17?,23-/m0/s1. The van der Waals surface area contributed by atoms with Crippen LogP contribution in [0.15, 0.2) is 30.5 Å². The Balaban J connectivity index is 2.21. The highest BCUT2D eigenvalue weighted by Gasteiger charge is 2.32. The number of nitrogens with one attached hydrogen (secondary N) is 1. The van der Waals surface area contributed by atoms with Crippen molar-refractivity contribution in [3.63, 3.8) is 0 Å². The minimum Gasteiger partial charge on any atom is -0.481 e. The highest BCUT2D eigenvalue weighted by Crippen LogP contribution is 2.25. The first-order valence-electron chi connectivity index (χ1n) is 10.6. The van der Waals surface area contributed by atoms with E-state index < -0.39 is 17.4 Å². The summed E-state index contributed by atoms with van der Waals surface area (Å²) in [5, 5.41) is 20.8. The van der Waals surface area contributed by atoms with E-state index in [-0.39, 0.29) is 17.7 Å². The van der Waals surface area contributed by atoms with Gasteiger partial charge in [0, 0.05) is 18.4 Å². The van der Waals surface area contributed by atoms with Gasteiger partial charge in [0.25, 0.3) is 0 Å². The molecule has 0 radical (unpaired) electrons. The van der Waals surface area contributed by atoms with Gasteiger partial charge in [0.15, 0.2) is 5.78 Å². The molecule has 1 aromatic heterocycles. The molecular formula is C23H34N4O3. The van der Waals surface area contributed by atoms with Crippen LogP contribution in [0.3, 0.4) is 0 Å². The molecule has 2 rings (SSSR count). The zero-order valence-corrected chi connectivity index (χ0v) is 18.8. The van der Waals surface area contributed by atoms with Crippen LogP contribution in [0.4, 0.5) is 0 Å². The number of benzene rings is 1. The Labute approximate surface area is 178 Å². The van der Waals surface area contributed by atoms with Gasteiger partial charge in [-0.3, -0.25) is 9.59 Å². The summed E-state index contributed by atoms with van der Waals surface area (Å²) in [5.74, 6) is -1.04. The van der Waals surface area contributed by atoms with E-state index in [1.165, 1.54) is 0 Å². The molecule has 0 fully saturated rings. The van der Waals surface area contributed by atoms with E-state index in [0.717, 1.165) is 16.9 Å². The molecule has 0 saturated heterocycles. The summed E-state index contributed by atoms with van der Waals surface area (Å²) in [6.45, 7) is 11.6. The minimum atomic E-state index is -0.801. The first-order chi connectivity index (χ1) is 14.1. The second-order valence-corrected chi connectivity index (χ2v) is 8.70. The number of nitrogens with zero attached hydrogens (tertiary/aromatic N) is 3. The number of Topliss-reactive ketones (excluding diaryl/α,β-unsaturated/α-hetero) is 1. The SMILES string of the molecule is CCC(=O)[C@](C)(Cc1ccc(-n2nncc2C(C)CC(C)C(=O)O)cc1)NC(C)C. The van der Waals surface area contributed by atoms with Gasteiger partial charge in [-0.1, -0.05) is 38.1 Å². The van der Waals surface area contributed by atoms with Crippen molar-refractivity contribution in [2.45, 2.75) is 78.3 Å². The predicted molar refractivity (Wildman–Crippen MR) is 117 cm³/mol. The number of hydrogen-bond acceptors (Lipinski definition) is 5. The first kappa shape index (κ1) is 23.7. The lowest BCUT2D eigenvalue weighted by molar-refractivity contribution is -0.141. The van der Waals surface area contributed by atoms with E-state index >= 15 is 0 Å². The lowest BCUT2D eigenvalue weighted by Gasteiger charge is -2.31. The lowest BCUT2D eigenvalue weighted by Crippen LogP contribution is -2.53. The summed E-state index contributed by atoms with van der Waals surface area (Å²) in [5.41, 5.74) is 2.19. The molecule has 0 amide bonds. The molecule has 0 aliphatic heterocycles. The van der Waals surface area contributed by atoms with Crippen LogP contribution in [0.1, 0.15) is 71.6 Å². The minimum absolute atomic E-state index is 0.00601. The van der Waals surface area contributed by atoms with E-state index in [0.29, 0.717) is 19.3 Å². The molecule has 7 heteroatoms. The van der Waals surface area contributed by atoms with Gasteiger partial charge in [0.1, 0.15) is 0 Å². The van der Waals surface area contributed by atoms with Crippen LogP contribution >= 0.6 is 0 Å². The summed E-state index contributed by atoms with van der Waals surface area (Å²) in [4.78, 5) is 23.7. The molecule has 2 aromatic rings. The molecule has 0 saturated carbocycles. The highest BCUT2D eigenvalue weighted by atomic mass is 16.4. The van der Waals surface area contributed by atoms with Gasteiger partial charge < -0.3 is 10.4 Å². The monoisotopic (exact) mass is 414 g/mol. The van der Waals surface area contributed by atoms with Crippen LogP contribution in [-0.4, -0.2) is 43.4 Å². The second kappa shape index (κ2) is 9.98. The molecule has 164 valence electrons. The fraction of sp³-hybridized carbons (Fsp3) is 0.565. The number of carboxylic acid groups (broad SMARTS) is 1. The Morgan fingerprint density at radius 2 is 1.80 bits per heavy atom. The second-order valence-electron chi connectivity index (χ2n) is 8.70. The van der Waals surface area contributed by atoms with Gasteiger partial charge in [0.2, 0.25) is 0 Å². The Morgan fingerprint density at radius 3 is 2.33 bits per heavy atom. The van der Waals surface area contributed by atoms with Gasteiger partial charge >= 0.3 is 5.97 Å². The summed E-state index contributed by atoms with van der Waals surface area (Å²) >= 11 is 0. The number of carbonyl (C=O) groups is 2. The van der Waals surface area contributed by atoms with Crippen molar-refractivity contribution in [3.05, 3.63) is 41.7 Å². The van der Waals surface area contributed by atoms with Crippen LogP contribution in [-0.2, 0) is 16.0 Å². The average molecular weight is 415 g/mol. The molecule has 2 unspecified atom stereocenters. The third-order valence-corrected chi connectivity index (χ3v) is 5.49. The third kappa shape index (κ3) is 5.75. The number of hydrogen-bond donors (Lipinski definition) is 2. The van der Waals surface area contributed by atoms with E-state index in [4.69, 9.17) is 0 Å². The molecule has 0 aliphatic rings. The normalized spacial score (nSPS) is 15.6. The maximum Gasteiger partial charge on any atom is 0.306 e. The average Bonchev–Trinajstić information content (AvgIpc) is 3.17. The maximum absolute atomic E-state index is 12.6. The third-order valence-electron chi connectivity index (χ3n) is 5.49. The number of aromatic nitrogens is 3. The molecule has 2 N–H and O–H groups in total. The van der Waals surface area contributed by atoms with Crippen molar-refractivity contribution in [1.82, 2.24) is 20.3 Å². The van der Waals surface area contributed by atoms with Gasteiger partial charge in [0.05, 0.1) is 29.0 Å². The number of rotatable bonds is 11. The highest BCUT2D eigenvalue weighted by molar-refractivity contribution is 5.88. The zero-order valence-electron chi connectivity index (χ0n) is 18.8. The number of ketones is 1. The Morgan fingerprint density at radius 1 is 1.17 bits per heavy atom. The van der Waals surface area contributed by atoms with E-state index in [1.807, 2.05) is 58.9 Å². The Kier molecular flexibility index (Phi) is 7.89. The molecule has 1 heterocycles. The van der Waals surface area contributed by atoms with Crippen LogP contribution in [0.25, 0.3) is 5.69 Å². The predicted octanol–water partition coefficient (Wildman–Crippen LogP) is 3.76. The molecular weight excluding hydrogens is 380 g/mol. The lowest BCUT2D eigenvalue weighted by atomic mass is 9.86. The summed E-state index contributed by atoms with van der Waals surface area (Å²) in [6.07, 6.45) is 3.30. The number of carbonyl (C=O) groups excluding carboxylic acids is 1. The summed E-state index contributed by atoms with van der Waals surface area (Å²) in [7, 11) is 0. The van der Waals surface area contributed by atoms with E-state index in [1.54, 1.807) is 17.8 Å². The molecule has 0 bridgehead atoms. The van der Waals surface area contributed by atoms with Crippen molar-refractivity contribution in [3.8, 4) is 5.69 Å². The van der Waals surface area contributed by atoms with Crippen molar-refractivity contribution in [2.24, 2.45) is 5.92 Å². The van der Waals surface area contributed by atoms with Crippen molar-refractivity contribution in [1.29, 1.82) is 0 Å². The van der Waals surface area contributed by atoms with Crippen LogP contribution < -0.4 is 5.32 Å². The Hall–Kier alpha value is -2.54. The van der Waals surface area contributed by atoms with Gasteiger partial charge in [-0.2, -0.15) is 0 Å². The number of aliphatic carboxylic acids is 1. The van der Waals surface area contributed by atoms with E-state index in [9.17, 15) is 14.7 Å². The van der Waals surface area contributed by atoms with Crippen molar-refractivity contribution < 1.29 is 14.7 Å². The zero-order chi connectivity index (χ0) is 22.5. The van der Waals surface area contributed by atoms with Gasteiger partial charge in [-0.25, -0.2) is 4.68 Å². The van der Waals surface area contributed by atoms with Gasteiger partial charge in [-0.05, 0) is 51.3 Å². The fourth-order valence-electron chi connectivity index (χ4n) is 3.95. The summed E-state index contributed by atoms with van der Waals surface area (Å²) < 4.78 is 1.76. The largest absolute Gasteiger partial charge is 0.481 e. The van der Waals surface area contributed by atoms with Crippen LogP contribution in [0.5, 0.6) is 0 Å². The molecule has 30 heavy (non-hydrogen) atoms. The molecule has 0 aliphatic carbocycles. The van der Waals surface area contributed by atoms with Crippen molar-refractivity contribution in [2.75, 3.05) is 0 Å². The van der Waals surface area contributed by atoms with Crippen molar-refractivity contribution >= 4 is 11.8 Å². The van der Waals surface area contributed by atoms with E-state index in [2.05, 4.69) is 15.6 Å². The topological polar surface area (TPSA) is 97.1 Å². The molecule has 7 nitrogen and oxygen atoms in total. The smallest absolute Gasteiger partial charge is 0.306 e. The summed E-state index contributed by atoms with van der Waals surface area (Å²) in [6, 6.07) is 8.15. The quantitative estimate of drug-likeness (QED) is 0.581. The van der Waals surface area contributed by atoms with Gasteiger partial charge in [-0.15, -0.1) is 5.10 Å². The first-order valence-corrected chi connectivity index (χ1v) is 10.6.